The summed E-state index contributed by atoms with van der Waals surface area (Å²) < 4.78 is 1.80. The number of nitro benzene ring substituents is 1. The van der Waals surface area contributed by atoms with Gasteiger partial charge in [-0.2, -0.15) is 5.10 Å². The molecule has 0 saturated carbocycles. The first-order valence-corrected chi connectivity index (χ1v) is 7.63. The maximum atomic E-state index is 11.3. The van der Waals surface area contributed by atoms with E-state index in [1.54, 1.807) is 23.1 Å². The van der Waals surface area contributed by atoms with E-state index < -0.39 is 0 Å². The lowest BCUT2D eigenvalue weighted by atomic mass is 9.97. The highest BCUT2D eigenvalue weighted by molar-refractivity contribution is 5.64. The number of nitro groups is 1. The van der Waals surface area contributed by atoms with Gasteiger partial charge in [-0.1, -0.05) is 0 Å². The summed E-state index contributed by atoms with van der Waals surface area (Å²) in [5, 5.41) is 24.7. The maximum absolute atomic E-state index is 11.3. The molecule has 3 rings (SSSR count). The highest BCUT2D eigenvalue weighted by Crippen LogP contribution is 2.32. The minimum absolute atomic E-state index is 0.0867. The first-order chi connectivity index (χ1) is 11.2. The third-order valence-corrected chi connectivity index (χ3v) is 4.19. The molecular formula is C15H19N5O3. The summed E-state index contributed by atoms with van der Waals surface area (Å²) in [5.74, 6) is 0.364. The number of anilines is 1. The molecule has 1 fully saturated rings. The fourth-order valence-electron chi connectivity index (χ4n) is 3.10. The Morgan fingerprint density at radius 2 is 2.30 bits per heavy atom. The number of hydrogen-bond acceptors (Lipinski definition) is 6. The number of nitrogens with zero attached hydrogens (tertiary/aromatic N) is 5. The Balaban J connectivity index is 1.81. The molecule has 0 aliphatic carbocycles. The van der Waals surface area contributed by atoms with Crippen molar-refractivity contribution in [2.75, 3.05) is 18.0 Å². The Bertz CT molecular complexity index is 674. The van der Waals surface area contributed by atoms with Gasteiger partial charge >= 0.3 is 0 Å². The molecule has 1 aromatic heterocycles. The highest BCUT2D eigenvalue weighted by atomic mass is 16.6. The topological polar surface area (TPSA) is 97.3 Å². The number of rotatable bonds is 5. The van der Waals surface area contributed by atoms with E-state index in [1.165, 1.54) is 12.4 Å². The number of piperidine rings is 1. The molecule has 1 unspecified atom stereocenters. The summed E-state index contributed by atoms with van der Waals surface area (Å²) >= 11 is 0. The highest BCUT2D eigenvalue weighted by Gasteiger charge is 2.26. The molecule has 1 aliphatic rings. The third-order valence-electron chi connectivity index (χ3n) is 4.19. The van der Waals surface area contributed by atoms with Crippen LogP contribution in [-0.4, -0.2) is 37.9 Å². The van der Waals surface area contributed by atoms with E-state index in [1.807, 2.05) is 4.90 Å². The summed E-state index contributed by atoms with van der Waals surface area (Å²) in [6.45, 7) is 2.14. The largest absolute Gasteiger partial charge is 0.392 e. The minimum Gasteiger partial charge on any atom is -0.392 e. The van der Waals surface area contributed by atoms with Gasteiger partial charge in [0.2, 0.25) is 0 Å². The predicted octanol–water partition coefficient (Wildman–Crippen LogP) is 1.60. The van der Waals surface area contributed by atoms with E-state index in [0.717, 1.165) is 32.5 Å². The molecule has 1 atom stereocenters. The first-order valence-electron chi connectivity index (χ1n) is 7.63. The molecule has 8 heteroatoms. The van der Waals surface area contributed by atoms with Crippen LogP contribution >= 0.6 is 0 Å². The van der Waals surface area contributed by atoms with Gasteiger partial charge in [-0.15, -0.1) is 0 Å². The Kier molecular flexibility index (Phi) is 4.52. The van der Waals surface area contributed by atoms with Crippen molar-refractivity contribution in [1.82, 2.24) is 14.8 Å². The van der Waals surface area contributed by atoms with Crippen molar-refractivity contribution < 1.29 is 10.0 Å². The van der Waals surface area contributed by atoms with Crippen molar-refractivity contribution in [3.05, 3.63) is 46.5 Å². The first kappa shape index (κ1) is 15.4. The van der Waals surface area contributed by atoms with Crippen LogP contribution in [-0.2, 0) is 13.2 Å². The SMILES string of the molecule is O=[N+]([O-])c1ccc(CO)cc1N1CCCC(Cn2cncn2)C1. The van der Waals surface area contributed by atoms with Gasteiger partial charge in [-0.05, 0) is 36.5 Å². The van der Waals surface area contributed by atoms with E-state index in [9.17, 15) is 15.2 Å². The van der Waals surface area contributed by atoms with Crippen LogP contribution in [0.1, 0.15) is 18.4 Å². The fourth-order valence-corrected chi connectivity index (χ4v) is 3.10. The zero-order valence-electron chi connectivity index (χ0n) is 12.7. The lowest BCUT2D eigenvalue weighted by Crippen LogP contribution is -2.37. The zero-order valence-corrected chi connectivity index (χ0v) is 12.7. The minimum atomic E-state index is -0.364. The van der Waals surface area contributed by atoms with Crippen molar-refractivity contribution >= 4 is 11.4 Å². The predicted molar refractivity (Wildman–Crippen MR) is 84.0 cm³/mol. The molecule has 0 radical (unpaired) electrons. The lowest BCUT2D eigenvalue weighted by Gasteiger charge is -2.34. The average Bonchev–Trinajstić information content (AvgIpc) is 3.07. The van der Waals surface area contributed by atoms with Crippen LogP contribution in [0.4, 0.5) is 11.4 Å². The molecule has 8 nitrogen and oxygen atoms in total. The standard InChI is InChI=1S/C15H19N5O3/c21-9-12-3-4-14(20(22)23)15(6-12)18-5-1-2-13(7-18)8-19-11-16-10-17-19/h3-4,6,10-11,13,21H,1-2,5,7-9H2. The molecule has 2 aromatic rings. The van der Waals surface area contributed by atoms with Crippen molar-refractivity contribution in [3.63, 3.8) is 0 Å². The van der Waals surface area contributed by atoms with Gasteiger partial charge in [0.05, 0.1) is 11.5 Å². The van der Waals surface area contributed by atoms with Crippen LogP contribution in [0.15, 0.2) is 30.9 Å². The van der Waals surface area contributed by atoms with E-state index >= 15 is 0 Å². The van der Waals surface area contributed by atoms with Crippen molar-refractivity contribution in [2.45, 2.75) is 26.0 Å². The van der Waals surface area contributed by atoms with Crippen molar-refractivity contribution in [2.24, 2.45) is 5.92 Å². The Morgan fingerprint density at radius 3 is 3.00 bits per heavy atom. The van der Waals surface area contributed by atoms with Crippen LogP contribution in [0.25, 0.3) is 0 Å². The number of aliphatic hydroxyl groups is 1. The Hall–Kier alpha value is -2.48. The number of aromatic nitrogens is 3. The smallest absolute Gasteiger partial charge is 0.292 e. The molecule has 0 amide bonds. The van der Waals surface area contributed by atoms with Crippen molar-refractivity contribution in [3.8, 4) is 0 Å². The van der Waals surface area contributed by atoms with Crippen LogP contribution in [0, 0.1) is 16.0 Å². The van der Waals surface area contributed by atoms with Gasteiger partial charge in [0.25, 0.3) is 5.69 Å². The van der Waals surface area contributed by atoms with E-state index in [4.69, 9.17) is 0 Å². The lowest BCUT2D eigenvalue weighted by molar-refractivity contribution is -0.384. The molecule has 122 valence electrons. The number of aliphatic hydroxyl groups excluding tert-OH is 1. The molecule has 23 heavy (non-hydrogen) atoms. The molecule has 1 N–H and O–H groups in total. The molecule has 1 saturated heterocycles. The molecular weight excluding hydrogens is 298 g/mol. The summed E-state index contributed by atoms with van der Waals surface area (Å²) in [6.07, 6.45) is 5.23. The Morgan fingerprint density at radius 1 is 1.43 bits per heavy atom. The number of benzene rings is 1. The molecule has 1 aromatic carbocycles. The van der Waals surface area contributed by atoms with Crippen molar-refractivity contribution in [1.29, 1.82) is 0 Å². The molecule has 0 bridgehead atoms. The second-order valence-electron chi connectivity index (χ2n) is 5.81. The third kappa shape index (κ3) is 3.48. The second-order valence-corrected chi connectivity index (χ2v) is 5.81. The molecule has 2 heterocycles. The molecule has 1 aliphatic heterocycles. The van der Waals surface area contributed by atoms with Crippen LogP contribution in [0.2, 0.25) is 0 Å². The van der Waals surface area contributed by atoms with Gasteiger partial charge < -0.3 is 10.0 Å². The van der Waals surface area contributed by atoms with E-state index in [2.05, 4.69) is 10.1 Å². The average molecular weight is 317 g/mol. The Labute approximate surface area is 133 Å². The monoisotopic (exact) mass is 317 g/mol. The normalized spacial score (nSPS) is 18.1. The van der Waals surface area contributed by atoms with Crippen LogP contribution in [0.3, 0.4) is 0 Å². The van der Waals surface area contributed by atoms with Gasteiger partial charge in [0.15, 0.2) is 0 Å². The summed E-state index contributed by atoms with van der Waals surface area (Å²) in [6, 6.07) is 4.79. The van der Waals surface area contributed by atoms with Gasteiger partial charge in [-0.3, -0.25) is 14.8 Å². The second kappa shape index (κ2) is 6.74. The maximum Gasteiger partial charge on any atom is 0.292 e. The van der Waals surface area contributed by atoms with Gasteiger partial charge in [0, 0.05) is 25.7 Å². The van der Waals surface area contributed by atoms with Crippen LogP contribution in [0.5, 0.6) is 0 Å². The quantitative estimate of drug-likeness (QED) is 0.664. The van der Waals surface area contributed by atoms with E-state index in [0.29, 0.717) is 17.2 Å². The number of hydrogen-bond donors (Lipinski definition) is 1. The summed E-state index contributed by atoms with van der Waals surface area (Å²) in [7, 11) is 0. The van der Waals surface area contributed by atoms with Gasteiger partial charge in [-0.25, -0.2) is 4.98 Å². The summed E-state index contributed by atoms with van der Waals surface area (Å²) in [5.41, 5.74) is 1.36. The zero-order chi connectivity index (χ0) is 16.2. The molecule has 0 spiro atoms. The fraction of sp³-hybridized carbons (Fsp3) is 0.467. The van der Waals surface area contributed by atoms with E-state index in [-0.39, 0.29) is 17.2 Å². The van der Waals surface area contributed by atoms with Crippen LogP contribution < -0.4 is 4.90 Å². The summed E-state index contributed by atoms with van der Waals surface area (Å²) in [4.78, 5) is 16.9. The van der Waals surface area contributed by atoms with Gasteiger partial charge in [0.1, 0.15) is 18.3 Å².